The molecule has 1 atom stereocenters. The molecule has 3 rings (SSSR count). The molecule has 2 fully saturated rings. The van der Waals surface area contributed by atoms with Crippen molar-refractivity contribution in [1.82, 2.24) is 9.80 Å². The zero-order valence-corrected chi connectivity index (χ0v) is 18.5. The van der Waals surface area contributed by atoms with Crippen molar-refractivity contribution in [2.75, 3.05) is 39.9 Å². The molecule has 5 heteroatoms. The fraction of sp³-hybridized carbons (Fsp3) is 0.600. The van der Waals surface area contributed by atoms with E-state index in [0.29, 0.717) is 12.3 Å². The Hall–Kier alpha value is -1.82. The Balaban J connectivity index is 1.61. The number of hydrogen-bond acceptors (Lipinski definition) is 5. The van der Waals surface area contributed by atoms with E-state index in [4.69, 9.17) is 9.47 Å². The molecule has 2 saturated heterocycles. The molecule has 30 heavy (non-hydrogen) atoms. The van der Waals surface area contributed by atoms with Crippen LogP contribution in [0.25, 0.3) is 0 Å². The number of benzene rings is 1. The molecule has 1 aromatic carbocycles. The first-order valence-electron chi connectivity index (χ1n) is 11.3. The Morgan fingerprint density at radius 1 is 1.10 bits per heavy atom. The highest BCUT2D eigenvalue weighted by Crippen LogP contribution is 2.38. The van der Waals surface area contributed by atoms with Gasteiger partial charge in [-0.25, -0.2) is 0 Å². The maximum atomic E-state index is 10.3. The van der Waals surface area contributed by atoms with E-state index in [2.05, 4.69) is 35.1 Å². The molecule has 0 aromatic heterocycles. The third-order valence-electron chi connectivity index (χ3n) is 6.49. The Kier molecular flexibility index (Phi) is 8.37. The summed E-state index contributed by atoms with van der Waals surface area (Å²) < 4.78 is 11.5. The monoisotopic (exact) mass is 414 g/mol. The lowest BCUT2D eigenvalue weighted by Gasteiger charge is -2.37. The van der Waals surface area contributed by atoms with Gasteiger partial charge < -0.3 is 19.5 Å². The average Bonchev–Trinajstić information content (AvgIpc) is 3.38. The van der Waals surface area contributed by atoms with Crippen molar-refractivity contribution in [3.8, 4) is 11.5 Å². The molecular formula is C25H38N2O3. The van der Waals surface area contributed by atoms with Gasteiger partial charge in [-0.2, -0.15) is 0 Å². The summed E-state index contributed by atoms with van der Waals surface area (Å²) in [5.74, 6) is 1.41. The minimum Gasteiger partial charge on any atom is -0.493 e. The quantitative estimate of drug-likeness (QED) is 0.524. The fourth-order valence-electron chi connectivity index (χ4n) is 4.98. The van der Waals surface area contributed by atoms with Gasteiger partial charge in [-0.05, 0) is 75.9 Å². The smallest absolute Gasteiger partial charge is 0.161 e. The summed E-state index contributed by atoms with van der Waals surface area (Å²) in [6, 6.07) is 6.14. The van der Waals surface area contributed by atoms with Crippen LogP contribution in [-0.4, -0.2) is 66.4 Å². The second-order valence-electron chi connectivity index (χ2n) is 8.69. The summed E-state index contributed by atoms with van der Waals surface area (Å²) in [5, 5.41) is 10.3. The van der Waals surface area contributed by atoms with E-state index in [1.165, 1.54) is 31.2 Å². The van der Waals surface area contributed by atoms with Gasteiger partial charge >= 0.3 is 0 Å². The summed E-state index contributed by atoms with van der Waals surface area (Å²) in [4.78, 5) is 4.86. The van der Waals surface area contributed by atoms with Crippen LogP contribution in [0, 0.1) is 0 Å². The van der Waals surface area contributed by atoms with Crippen molar-refractivity contribution in [2.45, 2.75) is 56.7 Å². The molecule has 2 heterocycles. The number of hydrogen-bond donors (Lipinski definition) is 1. The van der Waals surface area contributed by atoms with Crippen LogP contribution >= 0.6 is 0 Å². The van der Waals surface area contributed by atoms with Crippen LogP contribution in [-0.2, 0) is 6.54 Å². The second kappa shape index (κ2) is 11.0. The predicted octanol–water partition coefficient (Wildman–Crippen LogP) is 4.02. The molecule has 1 unspecified atom stereocenters. The van der Waals surface area contributed by atoms with E-state index in [1.54, 1.807) is 7.11 Å². The fourth-order valence-corrected chi connectivity index (χ4v) is 4.98. The summed E-state index contributed by atoms with van der Waals surface area (Å²) in [6.45, 7) is 13.0. The lowest BCUT2D eigenvalue weighted by atomic mass is 9.88. The minimum absolute atomic E-state index is 0.131. The lowest BCUT2D eigenvalue weighted by Crippen LogP contribution is -2.42. The first kappa shape index (κ1) is 22.9. The molecule has 0 saturated carbocycles. The largest absolute Gasteiger partial charge is 0.493 e. The summed E-state index contributed by atoms with van der Waals surface area (Å²) in [6.07, 6.45) is 10.4. The Labute approximate surface area is 182 Å². The molecule has 0 spiro atoms. The van der Waals surface area contributed by atoms with Crippen molar-refractivity contribution in [3.63, 3.8) is 0 Å². The molecular weight excluding hydrogens is 376 g/mol. The molecule has 2 aliphatic heterocycles. The van der Waals surface area contributed by atoms with Crippen LogP contribution in [0.3, 0.4) is 0 Å². The van der Waals surface area contributed by atoms with Gasteiger partial charge in [0.05, 0.1) is 7.11 Å². The van der Waals surface area contributed by atoms with Crippen molar-refractivity contribution in [3.05, 3.63) is 49.1 Å². The maximum Gasteiger partial charge on any atom is 0.161 e. The van der Waals surface area contributed by atoms with Gasteiger partial charge in [0.2, 0.25) is 0 Å². The Morgan fingerprint density at radius 2 is 1.83 bits per heavy atom. The van der Waals surface area contributed by atoms with Crippen molar-refractivity contribution < 1.29 is 14.6 Å². The minimum atomic E-state index is -0.490. The highest BCUT2D eigenvalue weighted by Gasteiger charge is 2.38. The van der Waals surface area contributed by atoms with E-state index in [0.717, 1.165) is 44.8 Å². The first-order valence-corrected chi connectivity index (χ1v) is 11.3. The topological polar surface area (TPSA) is 45.2 Å². The average molecular weight is 415 g/mol. The van der Waals surface area contributed by atoms with Gasteiger partial charge in [0, 0.05) is 18.6 Å². The molecule has 0 amide bonds. The predicted molar refractivity (Wildman–Crippen MR) is 122 cm³/mol. The second-order valence-corrected chi connectivity index (χ2v) is 8.69. The summed E-state index contributed by atoms with van der Waals surface area (Å²) >= 11 is 0. The third kappa shape index (κ3) is 5.65. The first-order chi connectivity index (χ1) is 14.6. The molecule has 0 aliphatic carbocycles. The number of β-amino-alcohol motifs (C(OH)–C–C–N with tert-alkyl or cyclic N) is 1. The zero-order chi connectivity index (χ0) is 21.4. The lowest BCUT2D eigenvalue weighted by molar-refractivity contribution is 0.0746. The van der Waals surface area contributed by atoms with Crippen LogP contribution in [0.2, 0.25) is 0 Å². The Bertz CT molecular complexity index is 690. The van der Waals surface area contributed by atoms with E-state index < -0.39 is 6.10 Å². The van der Waals surface area contributed by atoms with Gasteiger partial charge in [-0.1, -0.05) is 18.2 Å². The van der Waals surface area contributed by atoms with Gasteiger partial charge in [-0.15, -0.1) is 13.2 Å². The normalized spacial score (nSPS) is 20.2. The number of aliphatic hydroxyl groups excluding tert-OH is 1. The third-order valence-corrected chi connectivity index (χ3v) is 6.49. The molecule has 166 valence electrons. The highest BCUT2D eigenvalue weighted by molar-refractivity contribution is 5.43. The van der Waals surface area contributed by atoms with E-state index >= 15 is 0 Å². The van der Waals surface area contributed by atoms with Gasteiger partial charge in [0.1, 0.15) is 12.7 Å². The molecule has 1 aromatic rings. The van der Waals surface area contributed by atoms with E-state index in [-0.39, 0.29) is 12.1 Å². The number of likely N-dealkylation sites (tertiary alicyclic amines) is 2. The van der Waals surface area contributed by atoms with E-state index in [9.17, 15) is 5.11 Å². The van der Waals surface area contributed by atoms with Crippen molar-refractivity contribution in [1.29, 1.82) is 0 Å². The zero-order valence-electron chi connectivity index (χ0n) is 18.5. The maximum absolute atomic E-state index is 10.3. The standard InChI is InChI=1S/C25H38N2O3/c1-4-11-25(12-5-2)13-8-16-27(25)18-21-9-10-23(24(17-21)29-3)30-20-22(28)19-26-14-6-7-15-26/h4-5,9-10,17,22,28H,1-2,6-8,11-16,18-20H2,3H3. The Morgan fingerprint density at radius 3 is 2.50 bits per heavy atom. The van der Waals surface area contributed by atoms with Gasteiger partial charge in [0.25, 0.3) is 0 Å². The summed E-state index contributed by atoms with van der Waals surface area (Å²) in [7, 11) is 1.67. The molecule has 0 bridgehead atoms. The van der Waals surface area contributed by atoms with Crippen molar-refractivity contribution in [2.24, 2.45) is 0 Å². The number of ether oxygens (including phenoxy) is 2. The summed E-state index contributed by atoms with van der Waals surface area (Å²) in [5.41, 5.74) is 1.34. The van der Waals surface area contributed by atoms with Gasteiger partial charge in [0.15, 0.2) is 11.5 Å². The SMILES string of the molecule is C=CCC1(CC=C)CCCN1Cc1ccc(OCC(O)CN2CCCC2)c(OC)c1. The number of aliphatic hydroxyl groups is 1. The van der Waals surface area contributed by atoms with Crippen LogP contribution in [0.1, 0.15) is 44.1 Å². The van der Waals surface area contributed by atoms with Crippen LogP contribution in [0.4, 0.5) is 0 Å². The number of methoxy groups -OCH3 is 1. The molecule has 5 nitrogen and oxygen atoms in total. The molecule has 0 radical (unpaired) electrons. The highest BCUT2D eigenvalue weighted by atomic mass is 16.5. The van der Waals surface area contributed by atoms with Crippen LogP contribution in [0.5, 0.6) is 11.5 Å². The van der Waals surface area contributed by atoms with Crippen LogP contribution in [0.15, 0.2) is 43.5 Å². The molecule has 1 N–H and O–H groups in total. The number of rotatable bonds is 12. The van der Waals surface area contributed by atoms with Crippen LogP contribution < -0.4 is 9.47 Å². The van der Waals surface area contributed by atoms with E-state index in [1.807, 2.05) is 18.2 Å². The number of nitrogens with zero attached hydrogens (tertiary/aromatic N) is 2. The molecule has 2 aliphatic rings. The van der Waals surface area contributed by atoms with Gasteiger partial charge in [-0.3, -0.25) is 4.90 Å². The van der Waals surface area contributed by atoms with Crippen molar-refractivity contribution >= 4 is 0 Å².